The van der Waals surface area contributed by atoms with Gasteiger partial charge in [0.1, 0.15) is 5.82 Å². The van der Waals surface area contributed by atoms with E-state index in [1.807, 2.05) is 12.1 Å². The number of aromatic amines is 1. The van der Waals surface area contributed by atoms with Crippen LogP contribution >= 0.6 is 0 Å². The van der Waals surface area contributed by atoms with Gasteiger partial charge < -0.3 is 15.0 Å². The molecule has 0 unspecified atom stereocenters. The number of carbonyl (C=O) groups excluding carboxylic acids is 1. The number of nitrogens with zero attached hydrogens (tertiary/aromatic N) is 1. The van der Waals surface area contributed by atoms with E-state index in [0.29, 0.717) is 22.9 Å². The van der Waals surface area contributed by atoms with E-state index in [1.54, 1.807) is 6.07 Å². The molecule has 25 heavy (non-hydrogen) atoms. The number of esters is 1. The summed E-state index contributed by atoms with van der Waals surface area (Å²) in [4.78, 5) is 18.8. The molecule has 0 saturated heterocycles. The molecular formula is C19H20FN3O2. The normalized spacial score (nSPS) is 11.1. The molecule has 0 saturated carbocycles. The average molecular weight is 341 g/mol. The molecule has 0 bridgehead atoms. The fourth-order valence-corrected chi connectivity index (χ4v) is 2.58. The Labute approximate surface area is 145 Å². The van der Waals surface area contributed by atoms with E-state index in [1.165, 1.54) is 18.7 Å². The summed E-state index contributed by atoms with van der Waals surface area (Å²) in [5.74, 6) is 0.0325. The summed E-state index contributed by atoms with van der Waals surface area (Å²) >= 11 is 0. The Morgan fingerprint density at radius 1 is 1.28 bits per heavy atom. The smallest absolute Gasteiger partial charge is 0.310 e. The van der Waals surface area contributed by atoms with Crippen LogP contribution < -0.4 is 5.32 Å². The number of aromatic nitrogens is 2. The molecule has 3 rings (SSSR count). The summed E-state index contributed by atoms with van der Waals surface area (Å²) in [6.07, 6.45) is -0.120. The monoisotopic (exact) mass is 341 g/mol. The molecule has 130 valence electrons. The van der Waals surface area contributed by atoms with Gasteiger partial charge in [-0.1, -0.05) is 26.0 Å². The van der Waals surface area contributed by atoms with Gasteiger partial charge in [-0.25, -0.2) is 9.37 Å². The Morgan fingerprint density at radius 3 is 2.64 bits per heavy atom. The first-order valence-electron chi connectivity index (χ1n) is 8.08. The van der Waals surface area contributed by atoms with Gasteiger partial charge in [-0.2, -0.15) is 0 Å². The van der Waals surface area contributed by atoms with E-state index in [-0.39, 0.29) is 12.0 Å². The number of anilines is 2. The fraction of sp³-hybridized carbons (Fsp3) is 0.263. The van der Waals surface area contributed by atoms with Gasteiger partial charge in [0.25, 0.3) is 0 Å². The lowest BCUT2D eigenvalue weighted by Gasteiger charge is -2.07. The lowest BCUT2D eigenvalue weighted by Crippen LogP contribution is -2.06. The van der Waals surface area contributed by atoms with Gasteiger partial charge in [0, 0.05) is 11.3 Å². The summed E-state index contributed by atoms with van der Waals surface area (Å²) in [5.41, 5.74) is 3.55. The van der Waals surface area contributed by atoms with E-state index >= 15 is 0 Å². The molecule has 0 radical (unpaired) electrons. The minimum Gasteiger partial charge on any atom is -0.469 e. The molecule has 0 aliphatic carbocycles. The number of ether oxygens (including phenoxy) is 1. The zero-order valence-corrected chi connectivity index (χ0v) is 14.4. The van der Waals surface area contributed by atoms with Gasteiger partial charge in [-0.15, -0.1) is 0 Å². The quantitative estimate of drug-likeness (QED) is 0.680. The van der Waals surface area contributed by atoms with Crippen molar-refractivity contribution in [2.24, 2.45) is 0 Å². The molecule has 0 spiro atoms. The minimum atomic E-state index is -0.489. The average Bonchev–Trinajstić information content (AvgIpc) is 2.96. The number of imidazole rings is 1. The van der Waals surface area contributed by atoms with E-state index in [2.05, 4.69) is 46.0 Å². The highest BCUT2D eigenvalue weighted by atomic mass is 19.1. The summed E-state index contributed by atoms with van der Waals surface area (Å²) in [6, 6.07) is 11.0. The maximum atomic E-state index is 14.1. The number of halogens is 1. The molecule has 6 heteroatoms. The molecule has 2 N–H and O–H groups in total. The molecule has 0 atom stereocenters. The third-order valence-corrected chi connectivity index (χ3v) is 4.05. The van der Waals surface area contributed by atoms with E-state index in [4.69, 9.17) is 0 Å². The predicted molar refractivity (Wildman–Crippen MR) is 95.6 cm³/mol. The Hall–Kier alpha value is -2.89. The molecule has 1 heterocycles. The van der Waals surface area contributed by atoms with Crippen LogP contribution in [-0.4, -0.2) is 23.0 Å². The third-order valence-electron chi connectivity index (χ3n) is 4.05. The maximum absolute atomic E-state index is 14.1. The molecule has 0 amide bonds. The molecular weight excluding hydrogens is 321 g/mol. The van der Waals surface area contributed by atoms with Gasteiger partial charge in [-0.05, 0) is 35.7 Å². The van der Waals surface area contributed by atoms with E-state index in [9.17, 15) is 9.18 Å². The van der Waals surface area contributed by atoms with Crippen LogP contribution in [0.25, 0.3) is 11.0 Å². The van der Waals surface area contributed by atoms with E-state index < -0.39 is 11.8 Å². The molecule has 0 aliphatic rings. The topological polar surface area (TPSA) is 67.0 Å². The van der Waals surface area contributed by atoms with Gasteiger partial charge in [0.05, 0.1) is 24.6 Å². The third kappa shape index (κ3) is 3.79. The second kappa shape index (κ2) is 6.93. The van der Waals surface area contributed by atoms with Crippen molar-refractivity contribution in [2.75, 3.05) is 12.4 Å². The van der Waals surface area contributed by atoms with Gasteiger partial charge in [0.2, 0.25) is 5.95 Å². The largest absolute Gasteiger partial charge is 0.469 e. The Bertz CT molecular complexity index is 901. The van der Waals surface area contributed by atoms with Crippen molar-refractivity contribution >= 4 is 28.6 Å². The van der Waals surface area contributed by atoms with Crippen LogP contribution in [0.3, 0.4) is 0 Å². The fourth-order valence-electron chi connectivity index (χ4n) is 2.58. The molecule has 2 aromatic carbocycles. The zero-order chi connectivity index (χ0) is 18.0. The van der Waals surface area contributed by atoms with Crippen molar-refractivity contribution in [3.05, 3.63) is 53.3 Å². The first-order valence-corrected chi connectivity index (χ1v) is 8.08. The highest BCUT2D eigenvalue weighted by Gasteiger charge is 2.12. The number of nitrogens with one attached hydrogen (secondary N) is 2. The number of rotatable bonds is 5. The SMILES string of the molecule is COC(=O)Cc1cc2nc(Nc3ccc(C(C)C)cc3)[nH]c2cc1F. The van der Waals surface area contributed by atoms with Crippen LogP contribution in [-0.2, 0) is 16.0 Å². The van der Waals surface area contributed by atoms with Crippen LogP contribution in [0.4, 0.5) is 16.0 Å². The number of methoxy groups -OCH3 is 1. The molecule has 1 aromatic heterocycles. The van der Waals surface area contributed by atoms with Gasteiger partial charge in [0.15, 0.2) is 0 Å². The Balaban J connectivity index is 1.84. The second-order valence-electron chi connectivity index (χ2n) is 6.20. The van der Waals surface area contributed by atoms with E-state index in [0.717, 1.165) is 5.69 Å². The number of hydrogen-bond donors (Lipinski definition) is 2. The summed E-state index contributed by atoms with van der Waals surface area (Å²) < 4.78 is 18.7. The lowest BCUT2D eigenvalue weighted by molar-refractivity contribution is -0.139. The Morgan fingerprint density at radius 2 is 2.00 bits per heavy atom. The number of fused-ring (bicyclic) bond motifs is 1. The standard InChI is InChI=1S/C19H20FN3O2/c1-11(2)12-4-6-14(7-5-12)21-19-22-16-8-13(9-18(24)25-3)15(20)10-17(16)23-19/h4-8,10-11H,9H2,1-3H3,(H2,21,22,23). The summed E-state index contributed by atoms with van der Waals surface area (Å²) in [5, 5.41) is 3.17. The number of H-pyrrole nitrogens is 1. The first-order chi connectivity index (χ1) is 12.0. The van der Waals surface area contributed by atoms with Crippen molar-refractivity contribution in [1.29, 1.82) is 0 Å². The maximum Gasteiger partial charge on any atom is 0.310 e. The van der Waals surface area contributed by atoms with Crippen molar-refractivity contribution in [2.45, 2.75) is 26.2 Å². The highest BCUT2D eigenvalue weighted by Crippen LogP contribution is 2.23. The summed E-state index contributed by atoms with van der Waals surface area (Å²) in [6.45, 7) is 4.28. The van der Waals surface area contributed by atoms with Crippen LogP contribution in [0.5, 0.6) is 0 Å². The number of carbonyl (C=O) groups is 1. The van der Waals surface area contributed by atoms with Gasteiger partial charge >= 0.3 is 5.97 Å². The van der Waals surface area contributed by atoms with Crippen molar-refractivity contribution in [3.8, 4) is 0 Å². The molecule has 0 aliphatic heterocycles. The van der Waals surface area contributed by atoms with Crippen LogP contribution in [0, 0.1) is 5.82 Å². The molecule has 0 fully saturated rings. The van der Waals surface area contributed by atoms with Crippen molar-refractivity contribution in [1.82, 2.24) is 9.97 Å². The van der Waals surface area contributed by atoms with Crippen molar-refractivity contribution < 1.29 is 13.9 Å². The van der Waals surface area contributed by atoms with Crippen LogP contribution in [0.1, 0.15) is 30.9 Å². The first kappa shape index (κ1) is 17.0. The number of benzene rings is 2. The number of hydrogen-bond acceptors (Lipinski definition) is 4. The van der Waals surface area contributed by atoms with Crippen LogP contribution in [0.2, 0.25) is 0 Å². The molecule has 3 aromatic rings. The minimum absolute atomic E-state index is 0.120. The lowest BCUT2D eigenvalue weighted by atomic mass is 10.0. The molecule has 5 nitrogen and oxygen atoms in total. The summed E-state index contributed by atoms with van der Waals surface area (Å²) in [7, 11) is 1.28. The van der Waals surface area contributed by atoms with Gasteiger partial charge in [-0.3, -0.25) is 4.79 Å². The van der Waals surface area contributed by atoms with Crippen molar-refractivity contribution in [3.63, 3.8) is 0 Å². The second-order valence-corrected chi connectivity index (χ2v) is 6.20. The Kier molecular flexibility index (Phi) is 4.70. The van der Waals surface area contributed by atoms with Crippen LogP contribution in [0.15, 0.2) is 36.4 Å². The predicted octanol–water partition coefficient (Wildman–Crippen LogP) is 4.28. The zero-order valence-electron chi connectivity index (χ0n) is 14.4. The highest BCUT2D eigenvalue weighted by molar-refractivity contribution is 5.81.